The van der Waals surface area contributed by atoms with Gasteiger partial charge in [0.05, 0.1) is 30.5 Å². The van der Waals surface area contributed by atoms with Crippen LogP contribution in [0.5, 0.6) is 0 Å². The van der Waals surface area contributed by atoms with Crippen molar-refractivity contribution >= 4 is 0 Å². The average molecular weight is 272 g/mol. The lowest BCUT2D eigenvalue weighted by atomic mass is 9.97. The molecule has 112 valence electrons. The predicted octanol–water partition coefficient (Wildman–Crippen LogP) is 2.54. The highest BCUT2D eigenvalue weighted by Crippen LogP contribution is 2.43. The smallest absolute Gasteiger partial charge is 0.144 e. The van der Waals surface area contributed by atoms with Crippen LogP contribution in [-0.4, -0.2) is 48.3 Å². The predicted molar refractivity (Wildman–Crippen MR) is 73.3 cm³/mol. The van der Waals surface area contributed by atoms with Crippen molar-refractivity contribution in [3.63, 3.8) is 0 Å². The Kier molecular flexibility index (Phi) is 3.76. The first kappa shape index (κ1) is 15.2. The molecule has 2 fully saturated rings. The first-order valence-corrected chi connectivity index (χ1v) is 7.14. The van der Waals surface area contributed by atoms with Gasteiger partial charge in [0, 0.05) is 0 Å². The monoisotopic (exact) mass is 272 g/mol. The molecule has 19 heavy (non-hydrogen) atoms. The molecule has 2 aliphatic rings. The first-order chi connectivity index (χ1) is 8.53. The van der Waals surface area contributed by atoms with E-state index in [1.165, 1.54) is 0 Å². The first-order valence-electron chi connectivity index (χ1n) is 7.14. The zero-order valence-electron chi connectivity index (χ0n) is 13.3. The largest absolute Gasteiger partial charge is 0.373 e. The Hall–Kier alpha value is -0.160. The van der Waals surface area contributed by atoms with E-state index in [1.54, 1.807) is 0 Å². The standard InChI is InChI=1S/C15H28O4/c1-10-11-12(19-14(5,6)7)15(18-10,8-16-11)9-17-13(2,3)4/h10-12H,8-9H2,1-7H3/t10-,11?,12?,15+/m0/s1. The number of ether oxygens (including phenoxy) is 4. The summed E-state index contributed by atoms with van der Waals surface area (Å²) in [5.41, 5.74) is -0.851. The van der Waals surface area contributed by atoms with Gasteiger partial charge in [0.1, 0.15) is 17.8 Å². The van der Waals surface area contributed by atoms with Crippen LogP contribution in [0.1, 0.15) is 48.5 Å². The molecule has 2 unspecified atom stereocenters. The molecule has 4 atom stereocenters. The number of hydrogen-bond donors (Lipinski definition) is 0. The summed E-state index contributed by atoms with van der Waals surface area (Å²) in [5.74, 6) is 0. The summed E-state index contributed by atoms with van der Waals surface area (Å²) in [6.07, 6.45) is 0.0253. The van der Waals surface area contributed by atoms with E-state index in [4.69, 9.17) is 18.9 Å². The van der Waals surface area contributed by atoms with E-state index in [2.05, 4.69) is 41.5 Å². The van der Waals surface area contributed by atoms with Crippen LogP contribution in [0.4, 0.5) is 0 Å². The van der Waals surface area contributed by atoms with E-state index >= 15 is 0 Å². The summed E-state index contributed by atoms with van der Waals surface area (Å²) >= 11 is 0. The summed E-state index contributed by atoms with van der Waals surface area (Å²) in [5, 5.41) is 0. The SMILES string of the molecule is C[C@@H]1O[C@@]2(COC(C)(C)C)COC1C2OC(C)(C)C. The van der Waals surface area contributed by atoms with Crippen molar-refractivity contribution in [3.05, 3.63) is 0 Å². The van der Waals surface area contributed by atoms with Gasteiger partial charge < -0.3 is 18.9 Å². The van der Waals surface area contributed by atoms with Crippen LogP contribution in [0.3, 0.4) is 0 Å². The minimum absolute atomic E-state index is 0.0165. The van der Waals surface area contributed by atoms with Gasteiger partial charge in [-0.25, -0.2) is 0 Å². The highest BCUT2D eigenvalue weighted by atomic mass is 16.7. The number of hydrogen-bond acceptors (Lipinski definition) is 4. The zero-order valence-corrected chi connectivity index (χ0v) is 13.3. The van der Waals surface area contributed by atoms with E-state index in [1.807, 2.05) is 6.92 Å². The summed E-state index contributed by atoms with van der Waals surface area (Å²) in [6, 6.07) is 0. The molecular formula is C15H28O4. The van der Waals surface area contributed by atoms with Gasteiger partial charge in [0.15, 0.2) is 0 Å². The van der Waals surface area contributed by atoms with Crippen molar-refractivity contribution in [2.45, 2.75) is 83.6 Å². The van der Waals surface area contributed by atoms with Gasteiger partial charge in [-0.2, -0.15) is 0 Å². The minimum Gasteiger partial charge on any atom is -0.373 e. The van der Waals surface area contributed by atoms with Crippen molar-refractivity contribution in [2.75, 3.05) is 13.2 Å². The number of fused-ring (bicyclic) bond motifs is 2. The average Bonchev–Trinajstić information content (AvgIpc) is 2.64. The molecular weight excluding hydrogens is 244 g/mol. The minimum atomic E-state index is -0.454. The van der Waals surface area contributed by atoms with Gasteiger partial charge in [-0.1, -0.05) is 0 Å². The summed E-state index contributed by atoms with van der Waals surface area (Å²) in [6.45, 7) is 15.5. The van der Waals surface area contributed by atoms with Crippen LogP contribution >= 0.6 is 0 Å². The van der Waals surface area contributed by atoms with Crippen LogP contribution in [-0.2, 0) is 18.9 Å². The highest BCUT2D eigenvalue weighted by Gasteiger charge is 2.62. The molecule has 0 amide bonds. The van der Waals surface area contributed by atoms with E-state index in [0.717, 1.165) is 0 Å². The molecule has 4 nitrogen and oxygen atoms in total. The Morgan fingerprint density at radius 2 is 1.74 bits per heavy atom. The van der Waals surface area contributed by atoms with Gasteiger partial charge in [-0.05, 0) is 48.5 Å². The third-order valence-electron chi connectivity index (χ3n) is 3.45. The van der Waals surface area contributed by atoms with Crippen molar-refractivity contribution in [3.8, 4) is 0 Å². The molecule has 0 aromatic rings. The third kappa shape index (κ3) is 3.30. The Morgan fingerprint density at radius 3 is 2.21 bits per heavy atom. The molecule has 0 aliphatic carbocycles. The Balaban J connectivity index is 2.12. The fourth-order valence-electron chi connectivity index (χ4n) is 2.68. The molecule has 4 heteroatoms. The van der Waals surface area contributed by atoms with Crippen LogP contribution < -0.4 is 0 Å². The lowest BCUT2D eigenvalue weighted by Crippen LogP contribution is -2.50. The fraction of sp³-hybridized carbons (Fsp3) is 1.00. The Morgan fingerprint density at radius 1 is 1.11 bits per heavy atom. The molecule has 0 aromatic carbocycles. The van der Waals surface area contributed by atoms with Gasteiger partial charge in [-0.15, -0.1) is 0 Å². The van der Waals surface area contributed by atoms with Gasteiger partial charge in [0.2, 0.25) is 0 Å². The lowest BCUT2D eigenvalue weighted by Gasteiger charge is -2.35. The maximum Gasteiger partial charge on any atom is 0.144 e. The zero-order chi connectivity index (χ0) is 14.5. The maximum absolute atomic E-state index is 6.19. The summed E-state index contributed by atoms with van der Waals surface area (Å²) in [7, 11) is 0. The molecule has 0 spiro atoms. The molecule has 0 aromatic heterocycles. The van der Waals surface area contributed by atoms with Gasteiger partial charge in [-0.3, -0.25) is 0 Å². The quantitative estimate of drug-likeness (QED) is 0.791. The van der Waals surface area contributed by atoms with E-state index < -0.39 is 5.60 Å². The van der Waals surface area contributed by atoms with Gasteiger partial charge >= 0.3 is 0 Å². The molecule has 0 radical (unpaired) electrons. The number of rotatable bonds is 3. The Bertz CT molecular complexity index is 328. The lowest BCUT2D eigenvalue weighted by molar-refractivity contribution is -0.190. The molecule has 2 rings (SSSR count). The van der Waals surface area contributed by atoms with Crippen molar-refractivity contribution in [2.24, 2.45) is 0 Å². The molecule has 2 bridgehead atoms. The van der Waals surface area contributed by atoms with Crippen molar-refractivity contribution in [1.29, 1.82) is 0 Å². The second-order valence-corrected chi connectivity index (χ2v) is 7.72. The summed E-state index contributed by atoms with van der Waals surface area (Å²) < 4.78 is 24.1. The van der Waals surface area contributed by atoms with Crippen LogP contribution in [0.2, 0.25) is 0 Å². The van der Waals surface area contributed by atoms with Crippen molar-refractivity contribution < 1.29 is 18.9 Å². The normalized spacial score (nSPS) is 39.0. The summed E-state index contributed by atoms with van der Waals surface area (Å²) in [4.78, 5) is 0. The molecule has 2 heterocycles. The molecule has 0 saturated carbocycles. The molecule has 2 saturated heterocycles. The van der Waals surface area contributed by atoms with Crippen molar-refractivity contribution in [1.82, 2.24) is 0 Å². The molecule has 2 aliphatic heterocycles. The third-order valence-corrected chi connectivity index (χ3v) is 3.45. The van der Waals surface area contributed by atoms with Crippen LogP contribution in [0.25, 0.3) is 0 Å². The van der Waals surface area contributed by atoms with E-state index in [9.17, 15) is 0 Å². The fourth-order valence-corrected chi connectivity index (χ4v) is 2.68. The Labute approximate surface area is 116 Å². The second-order valence-electron chi connectivity index (χ2n) is 7.72. The maximum atomic E-state index is 6.19. The topological polar surface area (TPSA) is 36.9 Å². The van der Waals surface area contributed by atoms with Crippen LogP contribution in [0, 0.1) is 0 Å². The highest BCUT2D eigenvalue weighted by molar-refractivity contribution is 5.09. The van der Waals surface area contributed by atoms with E-state index in [0.29, 0.717) is 13.2 Å². The second kappa shape index (κ2) is 4.69. The van der Waals surface area contributed by atoms with E-state index in [-0.39, 0.29) is 29.5 Å². The van der Waals surface area contributed by atoms with Gasteiger partial charge in [0.25, 0.3) is 0 Å². The van der Waals surface area contributed by atoms with Crippen LogP contribution in [0.15, 0.2) is 0 Å². The molecule has 0 N–H and O–H groups in total.